The van der Waals surface area contributed by atoms with Gasteiger partial charge in [-0.15, -0.1) is 0 Å². The summed E-state index contributed by atoms with van der Waals surface area (Å²) >= 11 is 3.41. The summed E-state index contributed by atoms with van der Waals surface area (Å²) in [6.45, 7) is 0.627. The van der Waals surface area contributed by atoms with Crippen molar-refractivity contribution >= 4 is 27.6 Å². The number of nitrogens with zero attached hydrogens (tertiary/aromatic N) is 3. The highest BCUT2D eigenvalue weighted by molar-refractivity contribution is 9.10. The van der Waals surface area contributed by atoms with Crippen molar-refractivity contribution in [3.8, 4) is 17.1 Å². The van der Waals surface area contributed by atoms with Gasteiger partial charge >= 0.3 is 6.03 Å². The molecule has 1 saturated heterocycles. The van der Waals surface area contributed by atoms with E-state index in [4.69, 9.17) is 9.26 Å². The van der Waals surface area contributed by atoms with E-state index in [-0.39, 0.29) is 12.1 Å². The van der Waals surface area contributed by atoms with Gasteiger partial charge in [0.2, 0.25) is 11.7 Å². The molecule has 2 heterocycles. The molecule has 1 N–H and O–H groups in total. The molecule has 1 aliphatic rings. The molecule has 7 nitrogen and oxygen atoms in total. The number of carbonyl (C=O) groups is 1. The number of amides is 2. The van der Waals surface area contributed by atoms with Gasteiger partial charge in [-0.2, -0.15) is 4.98 Å². The fourth-order valence-corrected chi connectivity index (χ4v) is 3.55. The summed E-state index contributed by atoms with van der Waals surface area (Å²) in [5.74, 6) is 1.58. The second-order valence-corrected chi connectivity index (χ2v) is 7.36. The number of hydrogen-bond acceptors (Lipinski definition) is 5. The van der Waals surface area contributed by atoms with Crippen LogP contribution in [0.1, 0.15) is 24.8 Å². The topological polar surface area (TPSA) is 80.5 Å². The fourth-order valence-electron chi connectivity index (χ4n) is 3.29. The van der Waals surface area contributed by atoms with Crippen LogP contribution in [-0.4, -0.2) is 34.7 Å². The lowest BCUT2D eigenvalue weighted by Crippen LogP contribution is -2.34. The van der Waals surface area contributed by atoms with Crippen molar-refractivity contribution in [2.75, 3.05) is 19.0 Å². The molecule has 3 aromatic rings. The maximum Gasteiger partial charge on any atom is 0.322 e. The Hall–Kier alpha value is -2.87. The molecule has 0 spiro atoms. The molecule has 8 heteroatoms. The van der Waals surface area contributed by atoms with Gasteiger partial charge < -0.3 is 19.5 Å². The minimum atomic E-state index is -0.244. The van der Waals surface area contributed by atoms with Crippen LogP contribution in [0.4, 0.5) is 10.5 Å². The van der Waals surface area contributed by atoms with Gasteiger partial charge in [0.05, 0.1) is 12.8 Å². The molecule has 4 rings (SSSR count). The molecule has 2 aromatic carbocycles. The highest BCUT2D eigenvalue weighted by Crippen LogP contribution is 2.33. The van der Waals surface area contributed by atoms with E-state index in [0.29, 0.717) is 29.7 Å². The number of hydrogen-bond donors (Lipinski definition) is 1. The number of urea groups is 1. The molecule has 0 radical (unpaired) electrons. The number of nitrogens with one attached hydrogen (secondary N) is 1. The monoisotopic (exact) mass is 442 g/mol. The van der Waals surface area contributed by atoms with Crippen molar-refractivity contribution < 1.29 is 14.1 Å². The Morgan fingerprint density at radius 3 is 2.82 bits per heavy atom. The normalized spacial score (nSPS) is 16.2. The summed E-state index contributed by atoms with van der Waals surface area (Å²) in [5.41, 5.74) is 1.49. The first kappa shape index (κ1) is 18.5. The van der Waals surface area contributed by atoms with Crippen LogP contribution >= 0.6 is 15.9 Å². The lowest BCUT2D eigenvalue weighted by atomic mass is 10.2. The standard InChI is InChI=1S/C20H19BrN4O3/c1-27-17-7-3-2-5-15(17)22-20(26)25-12-4-6-16(25)19-23-18(24-28-19)13-8-10-14(21)11-9-13/h2-3,5,7-11,16H,4,6,12H2,1H3,(H,22,26). The summed E-state index contributed by atoms with van der Waals surface area (Å²) in [6, 6.07) is 14.5. The quantitative estimate of drug-likeness (QED) is 0.622. The highest BCUT2D eigenvalue weighted by atomic mass is 79.9. The zero-order chi connectivity index (χ0) is 19.5. The predicted molar refractivity (Wildman–Crippen MR) is 108 cm³/mol. The van der Waals surface area contributed by atoms with E-state index in [1.807, 2.05) is 36.4 Å². The summed E-state index contributed by atoms with van der Waals surface area (Å²) < 4.78 is 11.8. The molecular formula is C20H19BrN4O3. The third-order valence-electron chi connectivity index (χ3n) is 4.69. The Labute approximate surface area is 170 Å². The van der Waals surface area contributed by atoms with Crippen LogP contribution in [0.2, 0.25) is 0 Å². The van der Waals surface area contributed by atoms with E-state index >= 15 is 0 Å². The first-order valence-electron chi connectivity index (χ1n) is 8.96. The van der Waals surface area contributed by atoms with Gasteiger partial charge in [-0.3, -0.25) is 0 Å². The molecule has 1 aromatic heterocycles. The Kier molecular flexibility index (Phi) is 5.29. The van der Waals surface area contributed by atoms with Crippen LogP contribution in [0, 0.1) is 0 Å². The third kappa shape index (κ3) is 3.73. The number of carbonyl (C=O) groups excluding carboxylic acids is 1. The Bertz CT molecular complexity index is 974. The smallest absolute Gasteiger partial charge is 0.322 e. The van der Waals surface area contributed by atoms with Gasteiger partial charge in [0, 0.05) is 16.6 Å². The van der Waals surface area contributed by atoms with E-state index < -0.39 is 0 Å². The second-order valence-electron chi connectivity index (χ2n) is 6.44. The van der Waals surface area contributed by atoms with Crippen molar-refractivity contribution in [2.24, 2.45) is 0 Å². The van der Waals surface area contributed by atoms with Crippen molar-refractivity contribution in [1.29, 1.82) is 0 Å². The van der Waals surface area contributed by atoms with Crippen molar-refractivity contribution in [2.45, 2.75) is 18.9 Å². The summed E-state index contributed by atoms with van der Waals surface area (Å²) in [7, 11) is 1.58. The Balaban J connectivity index is 1.52. The van der Waals surface area contributed by atoms with Crippen molar-refractivity contribution in [3.63, 3.8) is 0 Å². The maximum absolute atomic E-state index is 12.8. The lowest BCUT2D eigenvalue weighted by Gasteiger charge is -2.22. The molecule has 1 unspecified atom stereocenters. The first-order chi connectivity index (χ1) is 13.7. The van der Waals surface area contributed by atoms with Gasteiger partial charge in [-0.1, -0.05) is 33.2 Å². The Morgan fingerprint density at radius 2 is 2.04 bits per heavy atom. The number of likely N-dealkylation sites (tertiary alicyclic amines) is 1. The van der Waals surface area contributed by atoms with Crippen LogP contribution in [0.25, 0.3) is 11.4 Å². The third-order valence-corrected chi connectivity index (χ3v) is 5.22. The van der Waals surface area contributed by atoms with E-state index in [0.717, 1.165) is 22.9 Å². The fraction of sp³-hybridized carbons (Fsp3) is 0.250. The molecule has 0 saturated carbocycles. The highest BCUT2D eigenvalue weighted by Gasteiger charge is 2.34. The number of ether oxygens (including phenoxy) is 1. The molecular weight excluding hydrogens is 424 g/mol. The number of anilines is 1. The average molecular weight is 443 g/mol. The average Bonchev–Trinajstić information content (AvgIpc) is 3.38. The number of para-hydroxylation sites is 2. The molecule has 28 heavy (non-hydrogen) atoms. The minimum absolute atomic E-state index is 0.213. The molecule has 1 fully saturated rings. The minimum Gasteiger partial charge on any atom is -0.495 e. The van der Waals surface area contributed by atoms with E-state index in [9.17, 15) is 4.79 Å². The molecule has 144 valence electrons. The van der Waals surface area contributed by atoms with E-state index in [2.05, 4.69) is 31.4 Å². The second kappa shape index (κ2) is 8.02. The van der Waals surface area contributed by atoms with E-state index in [1.165, 1.54) is 0 Å². The van der Waals surface area contributed by atoms with E-state index in [1.54, 1.807) is 24.1 Å². The summed E-state index contributed by atoms with van der Waals surface area (Å²) in [4.78, 5) is 19.1. The summed E-state index contributed by atoms with van der Waals surface area (Å²) in [5, 5.41) is 7.00. The molecule has 1 aliphatic heterocycles. The van der Waals surface area contributed by atoms with Gasteiger partial charge in [0.1, 0.15) is 11.8 Å². The number of methoxy groups -OCH3 is 1. The van der Waals surface area contributed by atoms with Crippen LogP contribution in [0.5, 0.6) is 5.75 Å². The number of halogens is 1. The Morgan fingerprint density at radius 1 is 1.25 bits per heavy atom. The van der Waals surface area contributed by atoms with Gasteiger partial charge in [-0.05, 0) is 49.2 Å². The first-order valence-corrected chi connectivity index (χ1v) is 9.75. The number of benzene rings is 2. The predicted octanol–water partition coefficient (Wildman–Crippen LogP) is 4.88. The largest absolute Gasteiger partial charge is 0.495 e. The van der Waals surface area contributed by atoms with Gasteiger partial charge in [-0.25, -0.2) is 4.79 Å². The molecule has 2 amide bonds. The SMILES string of the molecule is COc1ccccc1NC(=O)N1CCCC1c1nc(-c2ccc(Br)cc2)no1. The molecule has 0 bridgehead atoms. The zero-order valence-electron chi connectivity index (χ0n) is 15.3. The number of aromatic nitrogens is 2. The molecule has 1 atom stereocenters. The van der Waals surface area contributed by atoms with Crippen LogP contribution in [0.15, 0.2) is 57.5 Å². The maximum atomic E-state index is 12.8. The van der Waals surface area contributed by atoms with Crippen LogP contribution in [-0.2, 0) is 0 Å². The zero-order valence-corrected chi connectivity index (χ0v) is 16.8. The van der Waals surface area contributed by atoms with Gasteiger partial charge in [0.25, 0.3) is 0 Å². The van der Waals surface area contributed by atoms with Crippen LogP contribution < -0.4 is 10.1 Å². The van der Waals surface area contributed by atoms with Crippen molar-refractivity contribution in [1.82, 2.24) is 15.0 Å². The van der Waals surface area contributed by atoms with Crippen molar-refractivity contribution in [3.05, 3.63) is 58.9 Å². The lowest BCUT2D eigenvalue weighted by molar-refractivity contribution is 0.193. The van der Waals surface area contributed by atoms with Gasteiger partial charge in [0.15, 0.2) is 0 Å². The summed E-state index contributed by atoms with van der Waals surface area (Å²) in [6.07, 6.45) is 1.65. The number of rotatable bonds is 4. The molecule has 0 aliphatic carbocycles. The van der Waals surface area contributed by atoms with Crippen LogP contribution in [0.3, 0.4) is 0 Å².